The van der Waals surface area contributed by atoms with Gasteiger partial charge in [-0.05, 0) is 12.8 Å². The zero-order chi connectivity index (χ0) is 14.8. The van der Waals surface area contributed by atoms with Crippen molar-refractivity contribution in [3.8, 4) is 0 Å². The molecule has 0 aromatic heterocycles. The minimum Gasteiger partial charge on any atom is -0.378 e. The van der Waals surface area contributed by atoms with Gasteiger partial charge in [0, 0.05) is 33.2 Å². The number of nitrogens with one attached hydrogen (secondary N) is 1. The van der Waals surface area contributed by atoms with Gasteiger partial charge in [-0.25, -0.2) is 0 Å². The SMILES string of the molecule is CN(C)S(=O)(=O)N1CCOCCNC(=O)[C@@H]2CCC[C@@H]21. The lowest BCUT2D eigenvalue weighted by Gasteiger charge is -2.34. The summed E-state index contributed by atoms with van der Waals surface area (Å²) in [6.45, 7) is 1.56. The molecule has 0 bridgehead atoms. The Labute approximate surface area is 120 Å². The van der Waals surface area contributed by atoms with Crippen LogP contribution in [0.3, 0.4) is 0 Å². The van der Waals surface area contributed by atoms with Crippen LogP contribution >= 0.6 is 0 Å². The lowest BCUT2D eigenvalue weighted by atomic mass is 10.0. The number of ether oxygens (including phenoxy) is 1. The van der Waals surface area contributed by atoms with Crippen LogP contribution in [0.2, 0.25) is 0 Å². The molecule has 116 valence electrons. The van der Waals surface area contributed by atoms with Gasteiger partial charge < -0.3 is 10.1 Å². The number of hydrogen-bond donors (Lipinski definition) is 1. The van der Waals surface area contributed by atoms with Gasteiger partial charge in [-0.1, -0.05) is 6.42 Å². The second kappa shape index (κ2) is 6.38. The Balaban J connectivity index is 2.28. The van der Waals surface area contributed by atoms with E-state index < -0.39 is 10.2 Å². The Morgan fingerprint density at radius 3 is 2.75 bits per heavy atom. The molecule has 8 heteroatoms. The molecular formula is C12H23N3O4S. The maximum atomic E-state index is 12.5. The molecule has 1 N–H and O–H groups in total. The fourth-order valence-corrected chi connectivity index (χ4v) is 4.21. The summed E-state index contributed by atoms with van der Waals surface area (Å²) in [4.78, 5) is 12.2. The number of amides is 1. The number of nitrogens with zero attached hydrogens (tertiary/aromatic N) is 2. The van der Waals surface area contributed by atoms with Crippen molar-refractivity contribution in [1.82, 2.24) is 13.9 Å². The monoisotopic (exact) mass is 305 g/mol. The normalized spacial score (nSPS) is 30.1. The van der Waals surface area contributed by atoms with E-state index in [-0.39, 0.29) is 17.9 Å². The van der Waals surface area contributed by atoms with Crippen LogP contribution in [0, 0.1) is 5.92 Å². The van der Waals surface area contributed by atoms with Gasteiger partial charge in [0.25, 0.3) is 10.2 Å². The van der Waals surface area contributed by atoms with Crippen molar-refractivity contribution in [3.05, 3.63) is 0 Å². The topological polar surface area (TPSA) is 79.0 Å². The highest BCUT2D eigenvalue weighted by Gasteiger charge is 2.42. The van der Waals surface area contributed by atoms with Crippen molar-refractivity contribution in [2.24, 2.45) is 5.92 Å². The van der Waals surface area contributed by atoms with Crippen molar-refractivity contribution in [2.45, 2.75) is 25.3 Å². The van der Waals surface area contributed by atoms with Crippen LogP contribution in [-0.2, 0) is 19.7 Å². The lowest BCUT2D eigenvalue weighted by Crippen LogP contribution is -2.52. The summed E-state index contributed by atoms with van der Waals surface area (Å²) < 4.78 is 32.9. The number of fused-ring (bicyclic) bond motifs is 1. The molecule has 1 amide bonds. The van der Waals surface area contributed by atoms with E-state index >= 15 is 0 Å². The lowest BCUT2D eigenvalue weighted by molar-refractivity contribution is -0.126. The van der Waals surface area contributed by atoms with E-state index in [4.69, 9.17) is 4.74 Å². The predicted molar refractivity (Wildman–Crippen MR) is 74.3 cm³/mol. The van der Waals surface area contributed by atoms with Gasteiger partial charge >= 0.3 is 0 Å². The van der Waals surface area contributed by atoms with E-state index in [1.807, 2.05) is 0 Å². The first-order valence-corrected chi connectivity index (χ1v) is 8.39. The van der Waals surface area contributed by atoms with Crippen molar-refractivity contribution in [3.63, 3.8) is 0 Å². The predicted octanol–water partition coefficient (Wildman–Crippen LogP) is -0.590. The Kier molecular flexibility index (Phi) is 5.00. The van der Waals surface area contributed by atoms with Crippen molar-refractivity contribution >= 4 is 16.1 Å². The average molecular weight is 305 g/mol. The average Bonchev–Trinajstić information content (AvgIpc) is 2.86. The van der Waals surface area contributed by atoms with Crippen LogP contribution in [0.4, 0.5) is 0 Å². The van der Waals surface area contributed by atoms with Crippen LogP contribution in [0.1, 0.15) is 19.3 Å². The number of hydrogen-bond acceptors (Lipinski definition) is 4. The minimum absolute atomic E-state index is 0.0584. The van der Waals surface area contributed by atoms with E-state index in [0.717, 1.165) is 19.3 Å². The third kappa shape index (κ3) is 3.13. The first-order valence-electron chi connectivity index (χ1n) is 6.99. The Morgan fingerprint density at radius 2 is 2.05 bits per heavy atom. The highest BCUT2D eigenvalue weighted by molar-refractivity contribution is 7.86. The van der Waals surface area contributed by atoms with Gasteiger partial charge in [0.15, 0.2) is 0 Å². The van der Waals surface area contributed by atoms with E-state index in [2.05, 4.69) is 5.32 Å². The summed E-state index contributed by atoms with van der Waals surface area (Å²) in [7, 11) is -0.513. The minimum atomic E-state index is -3.54. The highest BCUT2D eigenvalue weighted by Crippen LogP contribution is 2.32. The molecule has 0 unspecified atom stereocenters. The quantitative estimate of drug-likeness (QED) is 0.739. The summed E-state index contributed by atoms with van der Waals surface area (Å²) in [5, 5.41) is 2.83. The molecule has 0 aromatic rings. The second-order valence-electron chi connectivity index (χ2n) is 5.41. The third-order valence-electron chi connectivity index (χ3n) is 3.95. The van der Waals surface area contributed by atoms with Crippen LogP contribution in [-0.4, -0.2) is 69.4 Å². The molecule has 1 aliphatic heterocycles. The molecule has 2 rings (SSSR count). The highest BCUT2D eigenvalue weighted by atomic mass is 32.2. The zero-order valence-corrected chi connectivity index (χ0v) is 12.9. The Bertz CT molecular complexity index is 452. The van der Waals surface area contributed by atoms with E-state index in [1.165, 1.54) is 22.7 Å². The zero-order valence-electron chi connectivity index (χ0n) is 12.0. The van der Waals surface area contributed by atoms with Crippen molar-refractivity contribution in [2.75, 3.05) is 40.4 Å². The van der Waals surface area contributed by atoms with Crippen LogP contribution in [0.15, 0.2) is 0 Å². The van der Waals surface area contributed by atoms with E-state index in [9.17, 15) is 13.2 Å². The molecule has 2 atom stereocenters. The Morgan fingerprint density at radius 1 is 1.30 bits per heavy atom. The maximum Gasteiger partial charge on any atom is 0.281 e. The molecule has 0 radical (unpaired) electrons. The molecule has 20 heavy (non-hydrogen) atoms. The van der Waals surface area contributed by atoms with Gasteiger partial charge in [0.2, 0.25) is 5.91 Å². The molecule has 1 saturated heterocycles. The second-order valence-corrected chi connectivity index (χ2v) is 7.50. The van der Waals surface area contributed by atoms with E-state index in [1.54, 1.807) is 0 Å². The number of carbonyl (C=O) groups excluding carboxylic acids is 1. The number of carbonyl (C=O) groups is 1. The largest absolute Gasteiger partial charge is 0.378 e. The first-order chi connectivity index (χ1) is 9.44. The molecule has 0 aromatic carbocycles. The third-order valence-corrected chi connectivity index (χ3v) is 5.91. The molecule has 1 aliphatic carbocycles. The van der Waals surface area contributed by atoms with Gasteiger partial charge in [-0.3, -0.25) is 4.79 Å². The summed E-state index contributed by atoms with van der Waals surface area (Å²) in [6, 6.07) is -0.260. The Hall–Kier alpha value is -0.700. The van der Waals surface area contributed by atoms with Crippen LogP contribution < -0.4 is 5.32 Å². The molecule has 1 heterocycles. The molecule has 2 aliphatic rings. The molecule has 7 nitrogen and oxygen atoms in total. The maximum absolute atomic E-state index is 12.5. The van der Waals surface area contributed by atoms with Crippen molar-refractivity contribution in [1.29, 1.82) is 0 Å². The number of rotatable bonds is 2. The fraction of sp³-hybridized carbons (Fsp3) is 0.917. The van der Waals surface area contributed by atoms with Crippen LogP contribution in [0.25, 0.3) is 0 Å². The van der Waals surface area contributed by atoms with Gasteiger partial charge in [-0.15, -0.1) is 0 Å². The standard InChI is InChI=1S/C12H23N3O4S/c1-14(2)20(17,18)15-7-9-19-8-6-13-12(16)10-4-3-5-11(10)15/h10-11H,3-9H2,1-2H3,(H,13,16)/t10-,11+/m1/s1. The molecule has 0 spiro atoms. The van der Waals surface area contributed by atoms with E-state index in [0.29, 0.717) is 26.3 Å². The fourth-order valence-electron chi connectivity index (χ4n) is 2.89. The van der Waals surface area contributed by atoms with Crippen molar-refractivity contribution < 1.29 is 17.9 Å². The van der Waals surface area contributed by atoms with Crippen LogP contribution in [0.5, 0.6) is 0 Å². The first kappa shape index (κ1) is 15.7. The van der Waals surface area contributed by atoms with Gasteiger partial charge in [0.05, 0.1) is 19.1 Å². The summed E-state index contributed by atoms with van der Waals surface area (Å²) in [5.41, 5.74) is 0. The van der Waals surface area contributed by atoms with Gasteiger partial charge in [-0.2, -0.15) is 17.0 Å². The van der Waals surface area contributed by atoms with Gasteiger partial charge in [0.1, 0.15) is 0 Å². The smallest absolute Gasteiger partial charge is 0.281 e. The summed E-state index contributed by atoms with van der Waals surface area (Å²) >= 11 is 0. The summed E-state index contributed by atoms with van der Waals surface area (Å²) in [5.74, 6) is -0.306. The molecule has 2 fully saturated rings. The molecular weight excluding hydrogens is 282 g/mol. The summed E-state index contributed by atoms with van der Waals surface area (Å²) in [6.07, 6.45) is 2.35. The molecule has 1 saturated carbocycles.